The summed E-state index contributed by atoms with van der Waals surface area (Å²) in [5.74, 6) is 1.24. The number of ketones is 1. The van der Waals surface area contributed by atoms with Gasteiger partial charge in [-0.25, -0.2) is 0 Å². The predicted molar refractivity (Wildman–Crippen MR) is 51.0 cm³/mol. The van der Waals surface area contributed by atoms with E-state index < -0.39 is 0 Å². The number of Topliss-reactive ketones (excluding diaryl/α,β-unsaturated/α-hetero) is 1. The number of carbonyl (C=O) groups is 1. The van der Waals surface area contributed by atoms with Crippen molar-refractivity contribution in [2.45, 2.75) is 52.9 Å². The highest BCUT2D eigenvalue weighted by molar-refractivity contribution is 5.78. The Bertz CT molecular complexity index is 160. The van der Waals surface area contributed by atoms with Gasteiger partial charge in [-0.3, -0.25) is 4.79 Å². The molecule has 0 spiro atoms. The molecule has 0 aromatic heterocycles. The number of carbonyl (C=O) groups excluding carboxylic acids is 1. The Morgan fingerprint density at radius 3 is 2.33 bits per heavy atom. The largest absolute Gasteiger partial charge is 0.300 e. The zero-order valence-electron chi connectivity index (χ0n) is 8.52. The quantitative estimate of drug-likeness (QED) is 0.630. The van der Waals surface area contributed by atoms with E-state index in [9.17, 15) is 4.79 Å². The van der Waals surface area contributed by atoms with Gasteiger partial charge in [0.05, 0.1) is 0 Å². The zero-order valence-corrected chi connectivity index (χ0v) is 8.52. The van der Waals surface area contributed by atoms with Crippen LogP contribution in [0.1, 0.15) is 52.9 Å². The van der Waals surface area contributed by atoms with Crippen molar-refractivity contribution in [3.8, 4) is 0 Å². The van der Waals surface area contributed by atoms with Gasteiger partial charge < -0.3 is 0 Å². The third-order valence-electron chi connectivity index (χ3n) is 2.37. The lowest BCUT2D eigenvalue weighted by atomic mass is 9.89. The van der Waals surface area contributed by atoms with Gasteiger partial charge in [-0.1, -0.05) is 20.8 Å². The summed E-state index contributed by atoms with van der Waals surface area (Å²) >= 11 is 0. The van der Waals surface area contributed by atoms with E-state index in [1.165, 1.54) is 12.8 Å². The van der Waals surface area contributed by atoms with Crippen molar-refractivity contribution in [2.24, 2.45) is 11.3 Å². The lowest BCUT2D eigenvalue weighted by Gasteiger charge is -2.16. The summed E-state index contributed by atoms with van der Waals surface area (Å²) < 4.78 is 0. The molecule has 70 valence electrons. The fourth-order valence-electron chi connectivity index (χ4n) is 1.26. The smallest absolute Gasteiger partial charge is 0.133 e. The van der Waals surface area contributed by atoms with Crippen molar-refractivity contribution in [2.75, 3.05) is 0 Å². The molecule has 0 atom stereocenters. The molecule has 1 rings (SSSR count). The van der Waals surface area contributed by atoms with E-state index in [0.717, 1.165) is 25.2 Å². The van der Waals surface area contributed by atoms with E-state index in [0.29, 0.717) is 11.2 Å². The first-order chi connectivity index (χ1) is 5.47. The van der Waals surface area contributed by atoms with Crippen molar-refractivity contribution in [1.82, 2.24) is 0 Å². The van der Waals surface area contributed by atoms with Gasteiger partial charge in [-0.15, -0.1) is 0 Å². The molecule has 0 aromatic rings. The summed E-state index contributed by atoms with van der Waals surface area (Å²) in [6.07, 6.45) is 5.27. The molecule has 0 N–H and O–H groups in total. The van der Waals surface area contributed by atoms with Crippen LogP contribution in [0.2, 0.25) is 0 Å². The van der Waals surface area contributed by atoms with Gasteiger partial charge in [0.1, 0.15) is 5.78 Å². The maximum absolute atomic E-state index is 11.3. The lowest BCUT2D eigenvalue weighted by molar-refractivity contribution is -0.119. The van der Waals surface area contributed by atoms with Crippen LogP contribution in [-0.4, -0.2) is 5.78 Å². The van der Waals surface area contributed by atoms with Crippen LogP contribution in [0.3, 0.4) is 0 Å². The zero-order chi connectivity index (χ0) is 9.19. The van der Waals surface area contributed by atoms with E-state index in [4.69, 9.17) is 0 Å². The molecule has 0 heterocycles. The second kappa shape index (κ2) is 3.59. The van der Waals surface area contributed by atoms with Crippen molar-refractivity contribution >= 4 is 5.78 Å². The maximum Gasteiger partial charge on any atom is 0.133 e. The van der Waals surface area contributed by atoms with Crippen LogP contribution in [0.25, 0.3) is 0 Å². The lowest BCUT2D eigenvalue weighted by Crippen LogP contribution is -2.09. The summed E-state index contributed by atoms with van der Waals surface area (Å²) in [6, 6.07) is 0. The van der Waals surface area contributed by atoms with E-state index in [-0.39, 0.29) is 0 Å². The number of rotatable bonds is 4. The summed E-state index contributed by atoms with van der Waals surface area (Å²) in [4.78, 5) is 11.3. The first-order valence-electron chi connectivity index (χ1n) is 4.99. The van der Waals surface area contributed by atoms with Crippen LogP contribution in [-0.2, 0) is 4.79 Å². The van der Waals surface area contributed by atoms with Crippen LogP contribution in [0.4, 0.5) is 0 Å². The second-order valence-corrected chi connectivity index (χ2v) is 5.25. The van der Waals surface area contributed by atoms with E-state index in [1.807, 2.05) is 0 Å². The summed E-state index contributed by atoms with van der Waals surface area (Å²) in [6.45, 7) is 6.58. The van der Waals surface area contributed by atoms with Crippen LogP contribution in [0.5, 0.6) is 0 Å². The Labute approximate surface area is 75.5 Å². The fraction of sp³-hybridized carbons (Fsp3) is 0.909. The van der Waals surface area contributed by atoms with Gasteiger partial charge in [0.25, 0.3) is 0 Å². The minimum Gasteiger partial charge on any atom is -0.300 e. The fourth-order valence-corrected chi connectivity index (χ4v) is 1.26. The Morgan fingerprint density at radius 2 is 1.92 bits per heavy atom. The SMILES string of the molecule is CC(C)(C)CCC(=O)CC1CC1. The molecular weight excluding hydrogens is 148 g/mol. The minimum atomic E-state index is 0.319. The van der Waals surface area contributed by atoms with Crippen LogP contribution in [0.15, 0.2) is 0 Å². The van der Waals surface area contributed by atoms with Crippen LogP contribution < -0.4 is 0 Å². The van der Waals surface area contributed by atoms with E-state index in [2.05, 4.69) is 20.8 Å². The molecule has 1 heteroatoms. The molecule has 0 bridgehead atoms. The third kappa shape index (κ3) is 4.53. The Morgan fingerprint density at radius 1 is 1.33 bits per heavy atom. The first kappa shape index (κ1) is 9.76. The summed E-state index contributed by atoms with van der Waals surface area (Å²) in [5.41, 5.74) is 0.319. The number of hydrogen-bond donors (Lipinski definition) is 0. The molecule has 0 radical (unpaired) electrons. The molecule has 1 fully saturated rings. The average molecular weight is 168 g/mol. The highest BCUT2D eigenvalue weighted by Gasteiger charge is 2.24. The van der Waals surface area contributed by atoms with Gasteiger partial charge in [-0.2, -0.15) is 0 Å². The van der Waals surface area contributed by atoms with Gasteiger partial charge in [0, 0.05) is 12.8 Å². The molecule has 1 nitrogen and oxygen atoms in total. The Hall–Kier alpha value is -0.330. The van der Waals surface area contributed by atoms with Gasteiger partial charge in [0.2, 0.25) is 0 Å². The molecule has 1 aliphatic rings. The molecule has 0 saturated heterocycles. The molecule has 0 unspecified atom stereocenters. The van der Waals surface area contributed by atoms with Gasteiger partial charge in [0.15, 0.2) is 0 Å². The normalized spacial score (nSPS) is 17.9. The summed E-state index contributed by atoms with van der Waals surface area (Å²) in [5, 5.41) is 0. The van der Waals surface area contributed by atoms with Crippen LogP contribution >= 0.6 is 0 Å². The highest BCUT2D eigenvalue weighted by Crippen LogP contribution is 2.33. The third-order valence-corrected chi connectivity index (χ3v) is 2.37. The molecule has 0 aromatic carbocycles. The topological polar surface area (TPSA) is 17.1 Å². The molecule has 1 aliphatic carbocycles. The van der Waals surface area contributed by atoms with Crippen molar-refractivity contribution < 1.29 is 4.79 Å². The minimum absolute atomic E-state index is 0.319. The highest BCUT2D eigenvalue weighted by atomic mass is 16.1. The predicted octanol–water partition coefficient (Wildman–Crippen LogP) is 3.18. The molecular formula is C11H20O. The number of hydrogen-bond acceptors (Lipinski definition) is 1. The second-order valence-electron chi connectivity index (χ2n) is 5.25. The van der Waals surface area contributed by atoms with E-state index in [1.54, 1.807) is 0 Å². The van der Waals surface area contributed by atoms with Crippen molar-refractivity contribution in [3.63, 3.8) is 0 Å². The summed E-state index contributed by atoms with van der Waals surface area (Å²) in [7, 11) is 0. The Kier molecular flexibility index (Phi) is 2.92. The maximum atomic E-state index is 11.3. The molecule has 1 saturated carbocycles. The standard InChI is InChI=1S/C11H20O/c1-11(2,3)7-6-10(12)8-9-4-5-9/h9H,4-8H2,1-3H3. The molecule has 0 amide bonds. The van der Waals surface area contributed by atoms with Gasteiger partial charge >= 0.3 is 0 Å². The molecule has 0 aliphatic heterocycles. The Balaban J connectivity index is 2.09. The van der Waals surface area contributed by atoms with Crippen molar-refractivity contribution in [1.29, 1.82) is 0 Å². The average Bonchev–Trinajstić information content (AvgIpc) is 2.66. The van der Waals surface area contributed by atoms with Gasteiger partial charge in [-0.05, 0) is 30.6 Å². The van der Waals surface area contributed by atoms with E-state index >= 15 is 0 Å². The first-order valence-corrected chi connectivity index (χ1v) is 4.99. The monoisotopic (exact) mass is 168 g/mol. The van der Waals surface area contributed by atoms with Crippen LogP contribution in [0, 0.1) is 11.3 Å². The van der Waals surface area contributed by atoms with Crippen molar-refractivity contribution in [3.05, 3.63) is 0 Å². The molecule has 12 heavy (non-hydrogen) atoms.